The zero-order chi connectivity index (χ0) is 14.2. The summed E-state index contributed by atoms with van der Waals surface area (Å²) in [6.07, 6.45) is 6.02. The van der Waals surface area contributed by atoms with Crippen molar-refractivity contribution in [3.63, 3.8) is 0 Å². The van der Waals surface area contributed by atoms with E-state index in [0.29, 0.717) is 6.42 Å². The second-order valence-electron chi connectivity index (χ2n) is 6.04. The third kappa shape index (κ3) is 2.93. The van der Waals surface area contributed by atoms with Crippen LogP contribution in [-0.2, 0) is 14.8 Å². The van der Waals surface area contributed by atoms with Gasteiger partial charge in [-0.15, -0.1) is 4.40 Å². The molecule has 114 valence electrons. The second-order valence-corrected chi connectivity index (χ2v) is 7.86. The van der Waals surface area contributed by atoms with Crippen LogP contribution in [0, 0.1) is 0 Å². The number of sulfonamides is 1. The van der Waals surface area contributed by atoms with E-state index >= 15 is 0 Å². The summed E-state index contributed by atoms with van der Waals surface area (Å²) < 4.78 is 33.9. The molecule has 7 heteroatoms. The smallest absolute Gasteiger partial charge is 0.301 e. The lowest BCUT2D eigenvalue weighted by Gasteiger charge is -2.35. The first kappa shape index (κ1) is 14.1. The summed E-state index contributed by atoms with van der Waals surface area (Å²) in [7, 11) is -3.44. The summed E-state index contributed by atoms with van der Waals surface area (Å²) in [5, 5.41) is 12.1. The molecule has 6 nitrogen and oxygen atoms in total. The van der Waals surface area contributed by atoms with Crippen LogP contribution < -0.4 is 5.32 Å². The fourth-order valence-electron chi connectivity index (χ4n) is 3.34. The standard InChI is InChI=1S/C13H22N2O4S/c16-10-7-5-9(6-8-10)14-13-15-20(17,18)12-4-2-1-3-11(12)19-13/h9-12,16H,1-8H2,(H,14,15)/t9-,10+,11?,12?. The number of hydrogen-bond donors (Lipinski definition) is 2. The van der Waals surface area contributed by atoms with Crippen molar-refractivity contribution in [2.75, 3.05) is 0 Å². The minimum atomic E-state index is -3.44. The van der Waals surface area contributed by atoms with Crippen LogP contribution in [0.1, 0.15) is 51.4 Å². The zero-order valence-corrected chi connectivity index (χ0v) is 12.3. The maximum atomic E-state index is 12.2. The summed E-state index contributed by atoms with van der Waals surface area (Å²) in [6, 6.07) is 0.307. The Balaban J connectivity index is 1.69. The van der Waals surface area contributed by atoms with E-state index in [2.05, 4.69) is 9.71 Å². The van der Waals surface area contributed by atoms with E-state index in [-0.39, 0.29) is 24.3 Å². The molecule has 2 unspecified atom stereocenters. The van der Waals surface area contributed by atoms with Gasteiger partial charge in [0.1, 0.15) is 11.4 Å². The van der Waals surface area contributed by atoms with E-state index in [1.165, 1.54) is 0 Å². The topological polar surface area (TPSA) is 88.0 Å². The minimum Gasteiger partial charge on any atom is -0.460 e. The van der Waals surface area contributed by atoms with Gasteiger partial charge >= 0.3 is 6.02 Å². The van der Waals surface area contributed by atoms with E-state index < -0.39 is 15.3 Å². The molecule has 2 aliphatic carbocycles. The van der Waals surface area contributed by atoms with Gasteiger partial charge in [-0.1, -0.05) is 6.42 Å². The van der Waals surface area contributed by atoms with Crippen LogP contribution in [0.15, 0.2) is 4.40 Å². The minimum absolute atomic E-state index is 0.146. The molecule has 3 rings (SSSR count). The highest BCUT2D eigenvalue weighted by Crippen LogP contribution is 2.31. The summed E-state index contributed by atoms with van der Waals surface area (Å²) in [6.45, 7) is 0. The van der Waals surface area contributed by atoms with Gasteiger partial charge in [-0.25, -0.2) is 8.42 Å². The van der Waals surface area contributed by atoms with Gasteiger partial charge in [0, 0.05) is 6.04 Å². The molecule has 0 radical (unpaired) electrons. The lowest BCUT2D eigenvalue weighted by Crippen LogP contribution is -2.49. The quantitative estimate of drug-likeness (QED) is 0.751. The number of fused-ring (bicyclic) bond motifs is 1. The summed E-state index contributed by atoms with van der Waals surface area (Å²) >= 11 is 0. The molecule has 0 aromatic carbocycles. The van der Waals surface area contributed by atoms with E-state index in [1.54, 1.807) is 0 Å². The van der Waals surface area contributed by atoms with Crippen molar-refractivity contribution < 1.29 is 18.3 Å². The molecule has 2 atom stereocenters. The van der Waals surface area contributed by atoms with Crippen LogP contribution in [-0.4, -0.2) is 43.0 Å². The fraction of sp³-hybridized carbons (Fsp3) is 0.923. The average Bonchev–Trinajstić information content (AvgIpc) is 2.41. The summed E-state index contributed by atoms with van der Waals surface area (Å²) in [4.78, 5) is 0. The predicted octanol–water partition coefficient (Wildman–Crippen LogP) is 0.907. The van der Waals surface area contributed by atoms with Crippen LogP contribution in [0.5, 0.6) is 0 Å². The normalized spacial score (nSPS) is 40.1. The molecule has 0 bridgehead atoms. The Morgan fingerprint density at radius 3 is 2.55 bits per heavy atom. The lowest BCUT2D eigenvalue weighted by molar-refractivity contribution is 0.109. The highest BCUT2D eigenvalue weighted by Gasteiger charge is 2.41. The molecule has 0 amide bonds. The Morgan fingerprint density at radius 1 is 1.10 bits per heavy atom. The third-order valence-corrected chi connectivity index (χ3v) is 6.25. The average molecular weight is 302 g/mol. The number of ether oxygens (including phenoxy) is 1. The van der Waals surface area contributed by atoms with Crippen molar-refractivity contribution in [2.24, 2.45) is 4.40 Å². The molecule has 0 aromatic heterocycles. The van der Waals surface area contributed by atoms with E-state index in [0.717, 1.165) is 44.9 Å². The first-order valence-corrected chi connectivity index (χ1v) is 9.00. The first-order chi connectivity index (χ1) is 9.54. The molecule has 1 heterocycles. The Bertz CT molecular complexity index is 483. The Kier molecular flexibility index (Phi) is 3.90. The van der Waals surface area contributed by atoms with Crippen molar-refractivity contribution >= 4 is 16.0 Å². The van der Waals surface area contributed by atoms with Gasteiger partial charge in [0.15, 0.2) is 0 Å². The van der Waals surface area contributed by atoms with Gasteiger partial charge in [0.2, 0.25) is 0 Å². The maximum absolute atomic E-state index is 12.2. The number of nitrogens with one attached hydrogen (secondary N) is 1. The highest BCUT2D eigenvalue weighted by atomic mass is 32.2. The van der Waals surface area contributed by atoms with Gasteiger partial charge in [-0.2, -0.15) is 0 Å². The van der Waals surface area contributed by atoms with Crippen LogP contribution in [0.25, 0.3) is 0 Å². The van der Waals surface area contributed by atoms with Crippen LogP contribution in [0.4, 0.5) is 0 Å². The number of aliphatic hydroxyl groups is 1. The molecule has 1 aliphatic heterocycles. The van der Waals surface area contributed by atoms with Crippen molar-refractivity contribution in [3.05, 3.63) is 0 Å². The molecule has 2 N–H and O–H groups in total. The molecular formula is C13H22N2O4S. The van der Waals surface area contributed by atoms with Crippen LogP contribution in [0.3, 0.4) is 0 Å². The van der Waals surface area contributed by atoms with Gasteiger partial charge < -0.3 is 15.2 Å². The predicted molar refractivity (Wildman–Crippen MR) is 74.9 cm³/mol. The Morgan fingerprint density at radius 2 is 1.80 bits per heavy atom. The maximum Gasteiger partial charge on any atom is 0.301 e. The monoisotopic (exact) mass is 302 g/mol. The number of amidine groups is 1. The van der Waals surface area contributed by atoms with Crippen molar-refractivity contribution in [2.45, 2.75) is 74.9 Å². The van der Waals surface area contributed by atoms with E-state index in [9.17, 15) is 13.5 Å². The molecule has 0 saturated heterocycles. The molecule has 2 saturated carbocycles. The van der Waals surface area contributed by atoms with E-state index in [1.807, 2.05) is 0 Å². The van der Waals surface area contributed by atoms with Crippen LogP contribution >= 0.6 is 0 Å². The molecule has 0 spiro atoms. The summed E-state index contributed by atoms with van der Waals surface area (Å²) in [5.74, 6) is 0. The number of nitrogens with zero attached hydrogens (tertiary/aromatic N) is 1. The number of aliphatic hydroxyl groups excluding tert-OH is 1. The molecule has 0 aromatic rings. The van der Waals surface area contributed by atoms with Crippen LogP contribution in [0.2, 0.25) is 0 Å². The second kappa shape index (κ2) is 5.52. The lowest BCUT2D eigenvalue weighted by atomic mass is 9.93. The van der Waals surface area contributed by atoms with Gasteiger partial charge in [-0.3, -0.25) is 0 Å². The first-order valence-electron chi connectivity index (χ1n) is 7.49. The van der Waals surface area contributed by atoms with E-state index in [4.69, 9.17) is 4.74 Å². The molecule has 3 aliphatic rings. The largest absolute Gasteiger partial charge is 0.460 e. The molecule has 20 heavy (non-hydrogen) atoms. The Labute approximate surface area is 119 Å². The van der Waals surface area contributed by atoms with Gasteiger partial charge in [-0.05, 0) is 44.9 Å². The SMILES string of the molecule is O=S1(=O)N=C(N[C@H]2CC[C@@H](O)CC2)OC2CCCCC21. The zero-order valence-electron chi connectivity index (χ0n) is 11.5. The summed E-state index contributed by atoms with van der Waals surface area (Å²) in [5.41, 5.74) is 0. The van der Waals surface area contributed by atoms with Crippen molar-refractivity contribution in [1.82, 2.24) is 5.32 Å². The highest BCUT2D eigenvalue weighted by molar-refractivity contribution is 7.91. The number of hydrogen-bond acceptors (Lipinski definition) is 5. The number of rotatable bonds is 1. The fourth-order valence-corrected chi connectivity index (χ4v) is 4.84. The van der Waals surface area contributed by atoms with Gasteiger partial charge in [0.05, 0.1) is 6.10 Å². The molecule has 2 fully saturated rings. The molecular weight excluding hydrogens is 280 g/mol. The van der Waals surface area contributed by atoms with Gasteiger partial charge in [0.25, 0.3) is 10.0 Å². The third-order valence-electron chi connectivity index (χ3n) is 4.52. The van der Waals surface area contributed by atoms with Crippen molar-refractivity contribution in [3.8, 4) is 0 Å². The Hall–Kier alpha value is -0.820. The van der Waals surface area contributed by atoms with Crippen molar-refractivity contribution in [1.29, 1.82) is 0 Å².